The Hall–Kier alpha value is -3.50. The summed E-state index contributed by atoms with van der Waals surface area (Å²) in [4.78, 5) is 49.2. The number of nitrogens with one attached hydrogen (secondary N) is 3. The van der Waals surface area contributed by atoms with Crippen LogP contribution < -0.4 is 16.0 Å². The van der Waals surface area contributed by atoms with Gasteiger partial charge in [0.15, 0.2) is 6.23 Å². The SMILES string of the molecule is CC(=O)NC(CCCN(O)C(O)CC(C)CCO)C(=O)OCCC=CC(O)N(O)/C=C/CC1NC(=O)C(C=CCN(O)C(O)CC(C)CCO)NC1=O. The molecule has 1 fully saturated rings. The van der Waals surface area contributed by atoms with E-state index in [1.807, 2.05) is 13.8 Å². The van der Waals surface area contributed by atoms with Crippen molar-refractivity contribution in [1.29, 1.82) is 0 Å². The predicted octanol–water partition coefficient (Wildman–Crippen LogP) is -0.950. The highest BCUT2D eigenvalue weighted by Gasteiger charge is 2.31. The second kappa shape index (κ2) is 26.3. The van der Waals surface area contributed by atoms with Gasteiger partial charge in [0, 0.05) is 39.4 Å². The molecule has 0 aromatic heterocycles. The van der Waals surface area contributed by atoms with Crippen molar-refractivity contribution in [3.05, 3.63) is 36.6 Å². The first-order valence-electron chi connectivity index (χ1n) is 17.8. The highest BCUT2D eigenvalue weighted by atomic mass is 16.5. The molecule has 0 saturated carbocycles. The van der Waals surface area contributed by atoms with E-state index in [1.165, 1.54) is 37.3 Å². The van der Waals surface area contributed by atoms with Crippen molar-refractivity contribution in [3.63, 3.8) is 0 Å². The molecule has 0 aliphatic carbocycles. The zero-order chi connectivity index (χ0) is 39.9. The number of ether oxygens (including phenoxy) is 1. The Morgan fingerprint density at radius 2 is 1.51 bits per heavy atom. The van der Waals surface area contributed by atoms with Gasteiger partial charge in [-0.2, -0.15) is 10.1 Å². The van der Waals surface area contributed by atoms with Crippen LogP contribution in [0, 0.1) is 11.8 Å². The zero-order valence-corrected chi connectivity index (χ0v) is 30.7. The molecule has 1 aliphatic heterocycles. The molecule has 1 rings (SSSR count). The molecular weight excluding hydrogens is 700 g/mol. The van der Waals surface area contributed by atoms with Gasteiger partial charge in [0.25, 0.3) is 0 Å². The maximum atomic E-state index is 12.6. The van der Waals surface area contributed by atoms with Gasteiger partial charge in [-0.15, -0.1) is 0 Å². The van der Waals surface area contributed by atoms with Gasteiger partial charge in [-0.05, 0) is 69.3 Å². The Morgan fingerprint density at radius 1 is 0.887 bits per heavy atom. The predicted molar refractivity (Wildman–Crippen MR) is 188 cm³/mol. The third-order valence-electron chi connectivity index (χ3n) is 8.27. The fraction of sp³-hybridized carbons (Fsp3) is 0.706. The molecule has 11 N–H and O–H groups in total. The van der Waals surface area contributed by atoms with Crippen molar-refractivity contribution in [2.24, 2.45) is 11.8 Å². The standard InChI is InChI=1S/C34H60N6O13/c1-23(13-18-41)21-30(45)39(51)16-7-10-27-33(48)36-26(32(47)37-27)9-6-15-38(50)29(44)12-4-5-20-53-34(49)28(35-25(3)43)11-8-17-40(52)31(46)22-24(2)14-19-42/h4,6-7,10,12,15,23-24,26-31,41-42,44-46,50-52H,5,8-9,11,13-14,16-22H2,1-3H3,(H,35,43)(H,36,48)(H,37,47)/b10-7?,12-4?,15-6+. The number of esters is 1. The summed E-state index contributed by atoms with van der Waals surface area (Å²) in [7, 11) is 0. The average molecular weight is 761 g/mol. The molecule has 8 unspecified atom stereocenters. The van der Waals surface area contributed by atoms with E-state index >= 15 is 0 Å². The first-order valence-corrected chi connectivity index (χ1v) is 17.8. The molecule has 0 spiro atoms. The maximum absolute atomic E-state index is 12.6. The Balaban J connectivity index is 2.45. The molecule has 0 aromatic rings. The number of piperazine rings is 1. The number of aliphatic hydroxyl groups is 5. The number of amides is 3. The molecule has 1 saturated heterocycles. The van der Waals surface area contributed by atoms with Crippen LogP contribution in [0.5, 0.6) is 0 Å². The van der Waals surface area contributed by atoms with Gasteiger partial charge in [-0.3, -0.25) is 19.6 Å². The molecule has 19 heteroatoms. The van der Waals surface area contributed by atoms with Crippen molar-refractivity contribution in [3.8, 4) is 0 Å². The van der Waals surface area contributed by atoms with Gasteiger partial charge in [0.05, 0.1) is 6.61 Å². The maximum Gasteiger partial charge on any atom is 0.328 e. The van der Waals surface area contributed by atoms with Crippen molar-refractivity contribution >= 4 is 23.7 Å². The molecule has 3 amide bonds. The average Bonchev–Trinajstić information content (AvgIpc) is 3.08. The molecule has 1 aliphatic rings. The second-order valence-electron chi connectivity index (χ2n) is 13.1. The summed E-state index contributed by atoms with van der Waals surface area (Å²) in [6, 6.07) is -2.95. The van der Waals surface area contributed by atoms with E-state index in [9.17, 15) is 50.1 Å². The first-order chi connectivity index (χ1) is 25.1. The van der Waals surface area contributed by atoms with Crippen molar-refractivity contribution in [1.82, 2.24) is 31.1 Å². The summed E-state index contributed by atoms with van der Waals surface area (Å²) in [6.07, 6.45) is 6.04. The monoisotopic (exact) mass is 760 g/mol. The van der Waals surface area contributed by atoms with Crippen LogP contribution in [0.3, 0.4) is 0 Å². The zero-order valence-electron chi connectivity index (χ0n) is 30.7. The Kier molecular flexibility index (Phi) is 23.6. The number of hydroxylamine groups is 6. The van der Waals surface area contributed by atoms with Crippen LogP contribution in [-0.4, -0.2) is 150 Å². The summed E-state index contributed by atoms with van der Waals surface area (Å²) >= 11 is 0. The van der Waals surface area contributed by atoms with E-state index in [0.717, 1.165) is 11.3 Å². The molecular formula is C34H60N6O13. The van der Waals surface area contributed by atoms with Crippen LogP contribution in [0.4, 0.5) is 0 Å². The fourth-order valence-electron chi connectivity index (χ4n) is 5.14. The van der Waals surface area contributed by atoms with Gasteiger partial charge < -0.3 is 56.6 Å². The highest BCUT2D eigenvalue weighted by molar-refractivity contribution is 5.98. The van der Waals surface area contributed by atoms with Crippen LogP contribution in [0.25, 0.3) is 0 Å². The molecule has 0 aromatic carbocycles. The van der Waals surface area contributed by atoms with Gasteiger partial charge in [0.2, 0.25) is 17.7 Å². The number of hydrogen-bond acceptors (Lipinski definition) is 16. The largest absolute Gasteiger partial charge is 0.464 e. The minimum absolute atomic E-state index is 0.0151. The van der Waals surface area contributed by atoms with Gasteiger partial charge >= 0.3 is 5.97 Å². The van der Waals surface area contributed by atoms with Crippen molar-refractivity contribution < 1.29 is 65.1 Å². The van der Waals surface area contributed by atoms with Gasteiger partial charge in [0.1, 0.15) is 30.6 Å². The Labute approximate surface area is 310 Å². The van der Waals surface area contributed by atoms with Crippen LogP contribution in [0.15, 0.2) is 36.6 Å². The second-order valence-corrected chi connectivity index (χ2v) is 13.1. The van der Waals surface area contributed by atoms with Crippen molar-refractivity contribution in [2.45, 2.75) is 109 Å². The highest BCUT2D eigenvalue weighted by Crippen LogP contribution is 2.14. The lowest BCUT2D eigenvalue weighted by Gasteiger charge is -2.28. The summed E-state index contributed by atoms with van der Waals surface area (Å²) in [5, 5.41) is 87.9. The molecule has 19 nitrogen and oxygen atoms in total. The molecule has 8 atom stereocenters. The Morgan fingerprint density at radius 3 is 2.11 bits per heavy atom. The van der Waals surface area contributed by atoms with Gasteiger partial charge in [-0.1, -0.05) is 38.2 Å². The topological polar surface area (TPSA) is 285 Å². The third-order valence-corrected chi connectivity index (χ3v) is 8.27. The summed E-state index contributed by atoms with van der Waals surface area (Å²) in [6.45, 7) is 4.64. The summed E-state index contributed by atoms with van der Waals surface area (Å²) in [5.41, 5.74) is 0. The van der Waals surface area contributed by atoms with Crippen LogP contribution >= 0.6 is 0 Å². The quantitative estimate of drug-likeness (QED) is 0.0158. The lowest BCUT2D eigenvalue weighted by molar-refractivity contribution is -0.202. The molecule has 304 valence electrons. The number of nitrogens with zero attached hydrogens (tertiary/aromatic N) is 3. The molecule has 1 heterocycles. The first kappa shape index (κ1) is 47.5. The van der Waals surface area contributed by atoms with E-state index in [2.05, 4.69) is 16.0 Å². The van der Waals surface area contributed by atoms with E-state index in [4.69, 9.17) is 14.9 Å². The molecule has 53 heavy (non-hydrogen) atoms. The summed E-state index contributed by atoms with van der Waals surface area (Å²) in [5.74, 6) is -2.22. The lowest BCUT2D eigenvalue weighted by Crippen LogP contribution is -2.60. The van der Waals surface area contributed by atoms with E-state index in [1.54, 1.807) is 0 Å². The lowest BCUT2D eigenvalue weighted by atomic mass is 10.0. The minimum atomic E-state index is -1.50. The van der Waals surface area contributed by atoms with Crippen LogP contribution in [0.2, 0.25) is 0 Å². The molecule has 0 radical (unpaired) electrons. The van der Waals surface area contributed by atoms with Crippen LogP contribution in [0.1, 0.15) is 72.1 Å². The molecule has 0 bridgehead atoms. The normalized spacial score (nSPS) is 20.0. The number of carbonyl (C=O) groups excluding carboxylic acids is 4. The van der Waals surface area contributed by atoms with Gasteiger partial charge in [-0.25, -0.2) is 9.86 Å². The number of aliphatic hydroxyl groups excluding tert-OH is 5. The van der Waals surface area contributed by atoms with E-state index < -0.39 is 60.5 Å². The smallest absolute Gasteiger partial charge is 0.328 e. The number of hydrogen-bond donors (Lipinski definition) is 11. The summed E-state index contributed by atoms with van der Waals surface area (Å²) < 4.78 is 5.22. The third kappa shape index (κ3) is 20.0. The van der Waals surface area contributed by atoms with E-state index in [0.29, 0.717) is 23.0 Å². The fourth-order valence-corrected chi connectivity index (χ4v) is 5.14. The van der Waals surface area contributed by atoms with Crippen LogP contribution in [-0.2, 0) is 23.9 Å². The van der Waals surface area contributed by atoms with E-state index in [-0.39, 0.29) is 83.3 Å². The Bertz CT molecular complexity index is 1190. The number of carbonyl (C=O) groups is 4. The minimum Gasteiger partial charge on any atom is -0.464 e. The number of rotatable bonds is 27. The van der Waals surface area contributed by atoms with Crippen molar-refractivity contribution in [2.75, 3.05) is 32.9 Å².